The third-order valence-electron chi connectivity index (χ3n) is 4.87. The molecule has 6 heteroatoms. The Morgan fingerprint density at radius 3 is 2.88 bits per heavy atom. The highest BCUT2D eigenvalue weighted by Crippen LogP contribution is 2.33. The van der Waals surface area contributed by atoms with Crippen LogP contribution in [0.2, 0.25) is 0 Å². The van der Waals surface area contributed by atoms with Crippen molar-refractivity contribution in [1.29, 1.82) is 0 Å². The lowest BCUT2D eigenvalue weighted by atomic mass is 9.89. The van der Waals surface area contributed by atoms with Gasteiger partial charge in [-0.15, -0.1) is 0 Å². The normalized spacial score (nSPS) is 16.7. The van der Waals surface area contributed by atoms with Gasteiger partial charge in [-0.1, -0.05) is 29.5 Å². The molecular weight excluding hydrogens is 320 g/mol. The van der Waals surface area contributed by atoms with Gasteiger partial charge < -0.3 is 10.7 Å². The summed E-state index contributed by atoms with van der Waals surface area (Å²) >= 11 is 1.27. The maximum absolute atomic E-state index is 10.8. The Morgan fingerprint density at radius 1 is 1.33 bits per heavy atom. The van der Waals surface area contributed by atoms with Crippen molar-refractivity contribution in [2.24, 2.45) is 0 Å². The molecule has 3 heterocycles. The number of likely N-dealkylation sites (tertiary alicyclic amines) is 1. The van der Waals surface area contributed by atoms with Gasteiger partial charge >= 0.3 is 0 Å². The lowest BCUT2D eigenvalue weighted by Gasteiger charge is -2.31. The smallest absolute Gasteiger partial charge is 0.178 e. The molecule has 0 amide bonds. The number of nitrogens with two attached hydrogens (primary N) is 1. The summed E-state index contributed by atoms with van der Waals surface area (Å²) in [6.07, 6.45) is 5.20. The number of hydrogen-bond donors (Lipinski definition) is 2. The summed E-state index contributed by atoms with van der Waals surface area (Å²) in [6.45, 7) is 2.78. The number of nitrogen functional groups attached to an aromatic ring is 1. The summed E-state index contributed by atoms with van der Waals surface area (Å²) in [6, 6.07) is 8.50. The van der Waals surface area contributed by atoms with Gasteiger partial charge in [-0.05, 0) is 43.5 Å². The average molecular weight is 340 g/mol. The molecule has 3 aromatic rings. The highest BCUT2D eigenvalue weighted by atomic mass is 32.1. The van der Waals surface area contributed by atoms with Crippen LogP contribution in [0, 0.1) is 0 Å². The fraction of sp³-hybridized carbons (Fsp3) is 0.333. The van der Waals surface area contributed by atoms with Gasteiger partial charge in [0.2, 0.25) is 0 Å². The van der Waals surface area contributed by atoms with E-state index in [1.807, 2.05) is 0 Å². The molecule has 1 fully saturated rings. The summed E-state index contributed by atoms with van der Waals surface area (Å²) < 4.78 is 0. The Bertz CT molecular complexity index is 861. The van der Waals surface area contributed by atoms with Crippen LogP contribution in [0.1, 0.15) is 39.8 Å². The summed E-state index contributed by atoms with van der Waals surface area (Å²) in [5, 5.41) is 2.47. The molecule has 0 saturated carbocycles. The molecule has 5 nitrogen and oxygen atoms in total. The van der Waals surface area contributed by atoms with Gasteiger partial charge in [0, 0.05) is 23.6 Å². The fourth-order valence-electron chi connectivity index (χ4n) is 3.59. The fourth-order valence-corrected chi connectivity index (χ4v) is 4.25. The minimum atomic E-state index is 0.469. The molecule has 1 aromatic carbocycles. The summed E-state index contributed by atoms with van der Waals surface area (Å²) in [7, 11) is 0. The molecular formula is C18H20N4OS. The Hall–Kier alpha value is -2.18. The zero-order chi connectivity index (χ0) is 16.5. The van der Waals surface area contributed by atoms with Gasteiger partial charge in [-0.3, -0.25) is 9.69 Å². The number of carbonyl (C=O) groups excluding carboxylic acids is 1. The van der Waals surface area contributed by atoms with Crippen molar-refractivity contribution < 1.29 is 4.79 Å². The third-order valence-corrected chi connectivity index (χ3v) is 5.72. The maximum Gasteiger partial charge on any atom is 0.178 e. The van der Waals surface area contributed by atoms with Crippen LogP contribution >= 0.6 is 11.3 Å². The molecule has 1 aliphatic heterocycles. The molecule has 1 saturated heterocycles. The second-order valence-corrected chi connectivity index (χ2v) is 7.38. The number of hydrogen-bond acceptors (Lipinski definition) is 5. The first kappa shape index (κ1) is 15.4. The van der Waals surface area contributed by atoms with Crippen LogP contribution in [0.3, 0.4) is 0 Å². The summed E-state index contributed by atoms with van der Waals surface area (Å²) in [5.41, 5.74) is 9.45. The standard InChI is InChI=1S/C18H20N4OS/c19-18-16(21-17(11-23)24-18)10-22-7-5-12(6-8-22)14-9-20-15-4-2-1-3-13(14)15/h1-4,9,11-12,20H,5-8,10,19H2. The number of benzene rings is 1. The Kier molecular flexibility index (Phi) is 4.08. The van der Waals surface area contributed by atoms with Crippen molar-refractivity contribution in [1.82, 2.24) is 14.9 Å². The molecule has 124 valence electrons. The molecule has 24 heavy (non-hydrogen) atoms. The Balaban J connectivity index is 1.43. The van der Waals surface area contributed by atoms with E-state index in [-0.39, 0.29) is 0 Å². The first-order valence-electron chi connectivity index (χ1n) is 8.23. The number of rotatable bonds is 4. The maximum atomic E-state index is 10.8. The van der Waals surface area contributed by atoms with Crippen LogP contribution in [0.5, 0.6) is 0 Å². The predicted molar refractivity (Wildman–Crippen MR) is 97.5 cm³/mol. The van der Waals surface area contributed by atoms with Crippen LogP contribution < -0.4 is 5.73 Å². The molecule has 0 radical (unpaired) electrons. The van der Waals surface area contributed by atoms with Gasteiger partial charge in [0.05, 0.1) is 5.69 Å². The second-order valence-electron chi connectivity index (χ2n) is 6.32. The largest absolute Gasteiger partial charge is 0.389 e. The van der Waals surface area contributed by atoms with Gasteiger partial charge in [0.25, 0.3) is 0 Å². The van der Waals surface area contributed by atoms with Crippen molar-refractivity contribution in [3.63, 3.8) is 0 Å². The van der Waals surface area contributed by atoms with Gasteiger partial charge in [0.1, 0.15) is 5.00 Å². The molecule has 2 aromatic heterocycles. The van der Waals surface area contributed by atoms with E-state index in [4.69, 9.17) is 5.73 Å². The van der Waals surface area contributed by atoms with Crippen molar-refractivity contribution in [2.75, 3.05) is 18.8 Å². The quantitative estimate of drug-likeness (QED) is 0.714. The Morgan fingerprint density at radius 2 is 2.12 bits per heavy atom. The number of aldehydes is 1. The number of carbonyl (C=O) groups is 1. The number of nitrogens with zero attached hydrogens (tertiary/aromatic N) is 2. The van der Waals surface area contributed by atoms with Crippen molar-refractivity contribution in [3.05, 3.63) is 46.7 Å². The van der Waals surface area contributed by atoms with Gasteiger partial charge in [-0.25, -0.2) is 4.98 Å². The van der Waals surface area contributed by atoms with Crippen molar-refractivity contribution in [3.8, 4) is 0 Å². The van der Waals surface area contributed by atoms with E-state index in [0.717, 1.165) is 44.5 Å². The van der Waals surface area contributed by atoms with Crippen molar-refractivity contribution >= 4 is 33.5 Å². The molecule has 0 spiro atoms. The molecule has 3 N–H and O–H groups in total. The van der Waals surface area contributed by atoms with Crippen LogP contribution in [0.15, 0.2) is 30.5 Å². The van der Waals surface area contributed by atoms with Crippen LogP contribution in [-0.2, 0) is 6.54 Å². The number of aromatic nitrogens is 2. The topological polar surface area (TPSA) is 75.0 Å². The van der Waals surface area contributed by atoms with E-state index in [1.54, 1.807) is 0 Å². The predicted octanol–water partition coefficient (Wildman–Crippen LogP) is 3.40. The van der Waals surface area contributed by atoms with Gasteiger partial charge in [-0.2, -0.15) is 0 Å². The summed E-state index contributed by atoms with van der Waals surface area (Å²) in [5.74, 6) is 0.593. The number of aromatic amines is 1. The zero-order valence-corrected chi connectivity index (χ0v) is 14.2. The first-order chi connectivity index (χ1) is 11.7. The SMILES string of the molecule is Nc1sc(C=O)nc1CN1CCC(c2c[nH]c3ccccc23)CC1. The van der Waals surface area contributed by atoms with E-state index < -0.39 is 0 Å². The molecule has 0 bridgehead atoms. The number of H-pyrrole nitrogens is 1. The van der Waals surface area contributed by atoms with E-state index in [2.05, 4.69) is 45.3 Å². The average Bonchev–Trinajstić information content (AvgIpc) is 3.19. The molecule has 0 aliphatic carbocycles. The second kappa shape index (κ2) is 6.37. The monoisotopic (exact) mass is 340 g/mol. The van der Waals surface area contributed by atoms with Crippen molar-refractivity contribution in [2.45, 2.75) is 25.3 Å². The molecule has 0 unspecified atom stereocenters. The number of nitrogens with one attached hydrogen (secondary N) is 1. The highest BCUT2D eigenvalue weighted by Gasteiger charge is 2.23. The summed E-state index contributed by atoms with van der Waals surface area (Å²) in [4.78, 5) is 20.9. The van der Waals surface area contributed by atoms with E-state index in [1.165, 1.54) is 27.8 Å². The Labute approximate surface area is 144 Å². The van der Waals surface area contributed by atoms with E-state index >= 15 is 0 Å². The highest BCUT2D eigenvalue weighted by molar-refractivity contribution is 7.17. The lowest BCUT2D eigenvalue weighted by molar-refractivity contribution is 0.112. The molecule has 1 aliphatic rings. The number of piperidine rings is 1. The minimum Gasteiger partial charge on any atom is -0.389 e. The third kappa shape index (κ3) is 2.83. The van der Waals surface area contributed by atoms with Gasteiger partial charge in [0.15, 0.2) is 11.3 Å². The van der Waals surface area contributed by atoms with Crippen LogP contribution in [0.25, 0.3) is 10.9 Å². The molecule has 4 rings (SSSR count). The van der Waals surface area contributed by atoms with Crippen LogP contribution in [0.4, 0.5) is 5.00 Å². The first-order valence-corrected chi connectivity index (χ1v) is 9.05. The number of anilines is 1. The number of thiazole rings is 1. The zero-order valence-electron chi connectivity index (χ0n) is 13.4. The van der Waals surface area contributed by atoms with Crippen LogP contribution in [-0.4, -0.2) is 34.2 Å². The number of fused-ring (bicyclic) bond motifs is 1. The lowest BCUT2D eigenvalue weighted by Crippen LogP contribution is -2.32. The molecule has 0 atom stereocenters. The van der Waals surface area contributed by atoms with E-state index in [0.29, 0.717) is 15.9 Å². The van der Waals surface area contributed by atoms with E-state index in [9.17, 15) is 4.79 Å². The number of para-hydroxylation sites is 1. The minimum absolute atomic E-state index is 0.469.